The summed E-state index contributed by atoms with van der Waals surface area (Å²) in [6.07, 6.45) is 3.13. The average Bonchev–Trinajstić information content (AvgIpc) is 2.86. The first-order valence-electron chi connectivity index (χ1n) is 8.08. The van der Waals surface area contributed by atoms with Crippen molar-refractivity contribution in [2.24, 2.45) is 11.3 Å². The summed E-state index contributed by atoms with van der Waals surface area (Å²) in [7, 11) is 0. The standard InChI is InChI=1S/C18H28ClNO/c1-5-18(4,12-20-11-13(2)3)10-15-9-16(19)8-14-6-7-21-17(14)15/h8-9,13,20H,5-7,10-12H2,1-4H3. The number of rotatable bonds is 7. The lowest BCUT2D eigenvalue weighted by atomic mass is 9.80. The van der Waals surface area contributed by atoms with Crippen LogP contribution in [-0.2, 0) is 12.8 Å². The Hall–Kier alpha value is -0.730. The number of fused-ring (bicyclic) bond motifs is 1. The molecule has 0 saturated heterocycles. The Morgan fingerprint density at radius 1 is 1.38 bits per heavy atom. The zero-order chi connectivity index (χ0) is 15.5. The number of nitrogens with one attached hydrogen (secondary N) is 1. The van der Waals surface area contributed by atoms with Gasteiger partial charge in [-0.15, -0.1) is 0 Å². The molecular formula is C18H28ClNO. The van der Waals surface area contributed by atoms with Crippen LogP contribution in [0.4, 0.5) is 0 Å². The Morgan fingerprint density at radius 2 is 2.14 bits per heavy atom. The molecule has 3 heteroatoms. The highest BCUT2D eigenvalue weighted by Crippen LogP contribution is 2.37. The summed E-state index contributed by atoms with van der Waals surface area (Å²) in [5, 5.41) is 4.44. The molecule has 0 spiro atoms. The molecule has 2 nitrogen and oxygen atoms in total. The zero-order valence-electron chi connectivity index (χ0n) is 13.8. The summed E-state index contributed by atoms with van der Waals surface area (Å²) in [5.41, 5.74) is 2.77. The molecule has 1 aromatic carbocycles. The van der Waals surface area contributed by atoms with Crippen molar-refractivity contribution in [3.05, 3.63) is 28.3 Å². The predicted molar refractivity (Wildman–Crippen MR) is 90.5 cm³/mol. The minimum Gasteiger partial charge on any atom is -0.493 e. The summed E-state index contributed by atoms with van der Waals surface area (Å²) in [4.78, 5) is 0. The Morgan fingerprint density at radius 3 is 2.81 bits per heavy atom. The Balaban J connectivity index is 2.11. The van der Waals surface area contributed by atoms with Crippen molar-refractivity contribution in [2.45, 2.75) is 47.0 Å². The van der Waals surface area contributed by atoms with Crippen molar-refractivity contribution in [3.8, 4) is 5.75 Å². The van der Waals surface area contributed by atoms with Crippen LogP contribution in [0.25, 0.3) is 0 Å². The smallest absolute Gasteiger partial charge is 0.125 e. The number of benzene rings is 1. The Kier molecular flexibility index (Phi) is 5.56. The van der Waals surface area contributed by atoms with Crippen molar-refractivity contribution in [2.75, 3.05) is 19.7 Å². The summed E-state index contributed by atoms with van der Waals surface area (Å²) in [6.45, 7) is 12.0. The molecule has 0 aromatic heterocycles. The molecule has 0 radical (unpaired) electrons. The fraction of sp³-hybridized carbons (Fsp3) is 0.667. The number of hydrogen-bond donors (Lipinski definition) is 1. The molecular weight excluding hydrogens is 282 g/mol. The Bertz CT molecular complexity index is 486. The molecule has 118 valence electrons. The van der Waals surface area contributed by atoms with Crippen LogP contribution < -0.4 is 10.1 Å². The lowest BCUT2D eigenvalue weighted by molar-refractivity contribution is 0.278. The van der Waals surface area contributed by atoms with E-state index in [1.165, 1.54) is 11.1 Å². The van der Waals surface area contributed by atoms with Gasteiger partial charge in [0.25, 0.3) is 0 Å². The quantitative estimate of drug-likeness (QED) is 0.802. The normalized spacial score (nSPS) is 16.7. The van der Waals surface area contributed by atoms with E-state index in [1.54, 1.807) is 0 Å². The van der Waals surface area contributed by atoms with Crippen LogP contribution in [0, 0.1) is 11.3 Å². The van der Waals surface area contributed by atoms with Crippen molar-refractivity contribution in [1.29, 1.82) is 0 Å². The Labute approximate surface area is 134 Å². The second-order valence-corrected chi connectivity index (χ2v) is 7.45. The van der Waals surface area contributed by atoms with Crippen molar-refractivity contribution in [3.63, 3.8) is 0 Å². The molecule has 21 heavy (non-hydrogen) atoms. The first-order chi connectivity index (χ1) is 9.93. The zero-order valence-corrected chi connectivity index (χ0v) is 14.5. The van der Waals surface area contributed by atoms with E-state index in [-0.39, 0.29) is 5.41 Å². The third-order valence-corrected chi connectivity index (χ3v) is 4.62. The van der Waals surface area contributed by atoms with E-state index >= 15 is 0 Å². The van der Waals surface area contributed by atoms with Gasteiger partial charge in [-0.2, -0.15) is 0 Å². The molecule has 0 fully saturated rings. The largest absolute Gasteiger partial charge is 0.493 e. The summed E-state index contributed by atoms with van der Waals surface area (Å²) in [5.74, 6) is 1.77. The maximum Gasteiger partial charge on any atom is 0.125 e. The van der Waals surface area contributed by atoms with Crippen LogP contribution in [0.2, 0.25) is 5.02 Å². The highest BCUT2D eigenvalue weighted by molar-refractivity contribution is 6.30. The SMILES string of the molecule is CCC(C)(CNCC(C)C)Cc1cc(Cl)cc2c1OCC2. The van der Waals surface area contributed by atoms with E-state index < -0.39 is 0 Å². The van der Waals surface area contributed by atoms with Crippen LogP contribution >= 0.6 is 11.6 Å². The molecule has 1 aliphatic heterocycles. The molecule has 1 aromatic rings. The van der Waals surface area contributed by atoms with Crippen molar-refractivity contribution < 1.29 is 4.74 Å². The van der Waals surface area contributed by atoms with Gasteiger partial charge >= 0.3 is 0 Å². The molecule has 0 saturated carbocycles. The van der Waals surface area contributed by atoms with Gasteiger partial charge in [0.15, 0.2) is 0 Å². The van der Waals surface area contributed by atoms with Gasteiger partial charge in [-0.05, 0) is 54.0 Å². The van der Waals surface area contributed by atoms with Gasteiger partial charge in [-0.1, -0.05) is 39.3 Å². The molecule has 1 atom stereocenters. The number of halogens is 1. The van der Waals surface area contributed by atoms with Gasteiger partial charge in [-0.25, -0.2) is 0 Å². The monoisotopic (exact) mass is 309 g/mol. The minimum absolute atomic E-state index is 0.235. The van der Waals surface area contributed by atoms with Crippen LogP contribution in [0.3, 0.4) is 0 Å². The molecule has 1 aliphatic rings. The van der Waals surface area contributed by atoms with E-state index in [0.717, 1.165) is 49.7 Å². The molecule has 1 unspecified atom stereocenters. The number of ether oxygens (including phenoxy) is 1. The highest BCUT2D eigenvalue weighted by atomic mass is 35.5. The second kappa shape index (κ2) is 7.02. The molecule has 0 amide bonds. The average molecular weight is 310 g/mol. The van der Waals surface area contributed by atoms with Crippen LogP contribution in [-0.4, -0.2) is 19.7 Å². The van der Waals surface area contributed by atoms with Gasteiger partial charge in [0.1, 0.15) is 5.75 Å². The molecule has 0 aliphatic carbocycles. The fourth-order valence-electron chi connectivity index (χ4n) is 2.91. The highest BCUT2D eigenvalue weighted by Gasteiger charge is 2.26. The van der Waals surface area contributed by atoms with Crippen LogP contribution in [0.5, 0.6) is 5.75 Å². The first kappa shape index (κ1) is 16.6. The lowest BCUT2D eigenvalue weighted by Crippen LogP contribution is -2.35. The third-order valence-electron chi connectivity index (χ3n) is 4.40. The molecule has 0 bridgehead atoms. The van der Waals surface area contributed by atoms with Gasteiger partial charge in [-0.3, -0.25) is 0 Å². The van der Waals surface area contributed by atoms with E-state index in [9.17, 15) is 0 Å². The summed E-state index contributed by atoms with van der Waals surface area (Å²) < 4.78 is 5.84. The summed E-state index contributed by atoms with van der Waals surface area (Å²) >= 11 is 6.28. The van der Waals surface area contributed by atoms with Crippen LogP contribution in [0.15, 0.2) is 12.1 Å². The van der Waals surface area contributed by atoms with Gasteiger partial charge < -0.3 is 10.1 Å². The summed E-state index contributed by atoms with van der Waals surface area (Å²) in [6, 6.07) is 4.13. The second-order valence-electron chi connectivity index (χ2n) is 7.02. The van der Waals surface area contributed by atoms with E-state index in [1.807, 2.05) is 6.07 Å². The molecule has 1 heterocycles. The first-order valence-corrected chi connectivity index (χ1v) is 8.46. The van der Waals surface area contributed by atoms with Crippen molar-refractivity contribution in [1.82, 2.24) is 5.32 Å². The topological polar surface area (TPSA) is 21.3 Å². The fourth-order valence-corrected chi connectivity index (χ4v) is 3.18. The predicted octanol–water partition coefficient (Wildman–Crippen LogP) is 4.48. The number of hydrogen-bond acceptors (Lipinski definition) is 2. The van der Waals surface area contributed by atoms with Gasteiger partial charge in [0, 0.05) is 18.0 Å². The van der Waals surface area contributed by atoms with Crippen molar-refractivity contribution >= 4 is 11.6 Å². The van der Waals surface area contributed by atoms with Crippen LogP contribution in [0.1, 0.15) is 45.2 Å². The molecule has 1 N–H and O–H groups in total. The lowest BCUT2D eigenvalue weighted by Gasteiger charge is -2.30. The van der Waals surface area contributed by atoms with E-state index in [4.69, 9.17) is 16.3 Å². The maximum atomic E-state index is 6.28. The van der Waals surface area contributed by atoms with Gasteiger partial charge in [0.05, 0.1) is 6.61 Å². The maximum absolute atomic E-state index is 6.28. The molecule has 2 rings (SSSR count). The minimum atomic E-state index is 0.235. The van der Waals surface area contributed by atoms with E-state index in [0.29, 0.717) is 5.92 Å². The van der Waals surface area contributed by atoms with E-state index in [2.05, 4.69) is 39.1 Å². The third kappa shape index (κ3) is 4.37. The van der Waals surface area contributed by atoms with Gasteiger partial charge in [0.2, 0.25) is 0 Å².